The van der Waals surface area contributed by atoms with E-state index >= 15 is 0 Å². The summed E-state index contributed by atoms with van der Waals surface area (Å²) in [5.41, 5.74) is 5.34. The highest BCUT2D eigenvalue weighted by Gasteiger charge is 2.35. The molecule has 3 atom stereocenters. The summed E-state index contributed by atoms with van der Waals surface area (Å²) in [6.45, 7) is 8.30. The lowest BCUT2D eigenvalue weighted by molar-refractivity contribution is -0.120. The van der Waals surface area contributed by atoms with E-state index in [0.717, 1.165) is 0 Å². The Bertz CT molecular complexity index is 436. The lowest BCUT2D eigenvalue weighted by Gasteiger charge is -2.38. The molecule has 0 spiro atoms. The van der Waals surface area contributed by atoms with Gasteiger partial charge >= 0.3 is 0 Å². The van der Waals surface area contributed by atoms with Crippen LogP contribution in [0.1, 0.15) is 40.5 Å². The van der Waals surface area contributed by atoms with E-state index in [4.69, 9.17) is 5.73 Å². The number of sulfonamides is 1. The maximum atomic E-state index is 12.2. The minimum atomic E-state index is -3.19. The third kappa shape index (κ3) is 3.93. The quantitative estimate of drug-likeness (QED) is 0.737. The van der Waals surface area contributed by atoms with Gasteiger partial charge in [-0.1, -0.05) is 13.8 Å². The second-order valence-corrected chi connectivity index (χ2v) is 8.34. The Kier molecular flexibility index (Phi) is 5.97. The number of rotatable bonds is 6. The van der Waals surface area contributed by atoms with E-state index in [1.54, 1.807) is 18.2 Å². The van der Waals surface area contributed by atoms with Gasteiger partial charge in [0.05, 0.1) is 11.3 Å². The van der Waals surface area contributed by atoms with Gasteiger partial charge in [-0.3, -0.25) is 4.79 Å². The van der Waals surface area contributed by atoms with Crippen LogP contribution < -0.4 is 11.1 Å². The Morgan fingerprint density at radius 2 is 2.05 bits per heavy atom. The van der Waals surface area contributed by atoms with Crippen molar-refractivity contribution in [3.05, 3.63) is 0 Å². The van der Waals surface area contributed by atoms with E-state index in [2.05, 4.69) is 5.32 Å². The molecular weight excluding hydrogens is 278 g/mol. The Morgan fingerprint density at radius 3 is 2.45 bits per heavy atom. The molecule has 1 aliphatic rings. The molecule has 1 saturated heterocycles. The number of piperidine rings is 1. The summed E-state index contributed by atoms with van der Waals surface area (Å²) in [6.07, 6.45) is 1.35. The fraction of sp³-hybridized carbons (Fsp3) is 0.923. The molecule has 1 amide bonds. The third-order valence-corrected chi connectivity index (χ3v) is 6.23. The Balaban J connectivity index is 2.67. The van der Waals surface area contributed by atoms with Crippen molar-refractivity contribution in [2.45, 2.75) is 57.9 Å². The number of carbonyl (C=O) groups is 1. The summed E-state index contributed by atoms with van der Waals surface area (Å²) in [5, 5.41) is 2.86. The second kappa shape index (κ2) is 6.87. The van der Waals surface area contributed by atoms with Crippen molar-refractivity contribution >= 4 is 15.9 Å². The molecule has 1 rings (SSSR count). The SMILES string of the molecule is CC[C@H](N[C@@H]1CCN(S(=O)(=O)C(C)C)C[C@H]1C)C(N)=O. The summed E-state index contributed by atoms with van der Waals surface area (Å²) in [4.78, 5) is 11.3. The van der Waals surface area contributed by atoms with E-state index in [1.807, 2.05) is 13.8 Å². The molecule has 6 nitrogen and oxygen atoms in total. The van der Waals surface area contributed by atoms with E-state index < -0.39 is 15.3 Å². The monoisotopic (exact) mass is 305 g/mol. The zero-order valence-corrected chi connectivity index (χ0v) is 13.6. The normalized spacial score (nSPS) is 26.6. The first kappa shape index (κ1) is 17.4. The largest absolute Gasteiger partial charge is 0.368 e. The van der Waals surface area contributed by atoms with Gasteiger partial charge in [-0.05, 0) is 32.6 Å². The predicted molar refractivity (Wildman–Crippen MR) is 79.6 cm³/mol. The number of carbonyl (C=O) groups excluding carboxylic acids is 1. The first-order chi connectivity index (χ1) is 9.20. The molecule has 7 heteroatoms. The van der Waals surface area contributed by atoms with Crippen LogP contribution in [0, 0.1) is 5.92 Å². The van der Waals surface area contributed by atoms with Gasteiger partial charge in [-0.15, -0.1) is 0 Å². The summed E-state index contributed by atoms with van der Waals surface area (Å²) in [6, 6.07) is -0.207. The van der Waals surface area contributed by atoms with Crippen LogP contribution in [0.2, 0.25) is 0 Å². The van der Waals surface area contributed by atoms with E-state index in [-0.39, 0.29) is 23.9 Å². The zero-order valence-electron chi connectivity index (χ0n) is 12.8. The van der Waals surface area contributed by atoms with Crippen molar-refractivity contribution in [1.29, 1.82) is 0 Å². The second-order valence-electron chi connectivity index (χ2n) is 5.85. The molecule has 1 heterocycles. The van der Waals surface area contributed by atoms with E-state index in [1.165, 1.54) is 0 Å². The van der Waals surface area contributed by atoms with E-state index in [0.29, 0.717) is 25.9 Å². The topological polar surface area (TPSA) is 92.5 Å². The van der Waals surface area contributed by atoms with Crippen LogP contribution in [0.15, 0.2) is 0 Å². The third-order valence-electron chi connectivity index (χ3n) is 3.99. The van der Waals surface area contributed by atoms with Crippen molar-refractivity contribution < 1.29 is 13.2 Å². The summed E-state index contributed by atoms with van der Waals surface area (Å²) >= 11 is 0. The Hall–Kier alpha value is -0.660. The van der Waals surface area contributed by atoms with Gasteiger partial charge in [0.2, 0.25) is 15.9 Å². The van der Waals surface area contributed by atoms with E-state index in [9.17, 15) is 13.2 Å². The number of nitrogens with two attached hydrogens (primary N) is 1. The van der Waals surface area contributed by atoms with Gasteiger partial charge in [0, 0.05) is 19.1 Å². The molecule has 3 N–H and O–H groups in total. The van der Waals surface area contributed by atoms with Crippen LogP contribution in [0.4, 0.5) is 0 Å². The minimum absolute atomic E-state index is 0.131. The van der Waals surface area contributed by atoms with Crippen molar-refractivity contribution in [3.8, 4) is 0 Å². The smallest absolute Gasteiger partial charge is 0.234 e. The lowest BCUT2D eigenvalue weighted by atomic mass is 9.94. The average molecular weight is 305 g/mol. The number of hydrogen-bond donors (Lipinski definition) is 2. The highest BCUT2D eigenvalue weighted by molar-refractivity contribution is 7.89. The highest BCUT2D eigenvalue weighted by Crippen LogP contribution is 2.22. The molecule has 0 aromatic carbocycles. The first-order valence-corrected chi connectivity index (χ1v) is 8.74. The number of nitrogens with zero attached hydrogens (tertiary/aromatic N) is 1. The predicted octanol–water partition coefficient (Wildman–Crippen LogP) is 0.289. The van der Waals surface area contributed by atoms with Crippen LogP contribution in [0.5, 0.6) is 0 Å². The van der Waals surface area contributed by atoms with Gasteiger partial charge in [0.1, 0.15) is 0 Å². The van der Waals surface area contributed by atoms with Crippen molar-refractivity contribution in [1.82, 2.24) is 9.62 Å². The highest BCUT2D eigenvalue weighted by atomic mass is 32.2. The number of nitrogens with one attached hydrogen (secondary N) is 1. The number of hydrogen-bond acceptors (Lipinski definition) is 4. The minimum Gasteiger partial charge on any atom is -0.368 e. The zero-order chi connectivity index (χ0) is 15.5. The molecular formula is C13H27N3O3S. The van der Waals surface area contributed by atoms with Crippen LogP contribution in [-0.4, -0.2) is 49.1 Å². The number of amides is 1. The van der Waals surface area contributed by atoms with Crippen molar-refractivity contribution in [2.24, 2.45) is 11.7 Å². The maximum absolute atomic E-state index is 12.2. The van der Waals surface area contributed by atoms with Crippen LogP contribution >= 0.6 is 0 Å². The average Bonchev–Trinajstić information content (AvgIpc) is 2.36. The summed E-state index contributed by atoms with van der Waals surface area (Å²) in [5.74, 6) is -0.192. The van der Waals surface area contributed by atoms with Gasteiger partial charge < -0.3 is 11.1 Å². The van der Waals surface area contributed by atoms with Gasteiger partial charge in [-0.25, -0.2) is 12.7 Å². The fourth-order valence-corrected chi connectivity index (χ4v) is 3.94. The standard InChI is InChI=1S/C13H27N3O3S/c1-5-11(13(14)17)15-12-6-7-16(8-10(12)4)20(18,19)9(2)3/h9-12,15H,5-8H2,1-4H3,(H2,14,17)/t10-,11+,12-/m1/s1. The molecule has 1 fully saturated rings. The van der Waals surface area contributed by atoms with Crippen LogP contribution in [0.3, 0.4) is 0 Å². The fourth-order valence-electron chi connectivity index (χ4n) is 2.54. The van der Waals surface area contributed by atoms with Gasteiger partial charge in [-0.2, -0.15) is 0 Å². The van der Waals surface area contributed by atoms with Gasteiger partial charge in [0.15, 0.2) is 0 Å². The number of primary amides is 1. The van der Waals surface area contributed by atoms with Gasteiger partial charge in [0.25, 0.3) is 0 Å². The molecule has 1 aliphatic heterocycles. The van der Waals surface area contributed by atoms with Crippen LogP contribution in [0.25, 0.3) is 0 Å². The molecule has 0 aliphatic carbocycles. The molecule has 0 aromatic rings. The van der Waals surface area contributed by atoms with Crippen molar-refractivity contribution in [3.63, 3.8) is 0 Å². The molecule has 0 aromatic heterocycles. The van der Waals surface area contributed by atoms with Crippen molar-refractivity contribution in [2.75, 3.05) is 13.1 Å². The molecule has 0 unspecified atom stereocenters. The Labute approximate surface area is 122 Å². The molecule has 0 saturated carbocycles. The molecule has 0 bridgehead atoms. The molecule has 0 radical (unpaired) electrons. The molecule has 118 valence electrons. The molecule has 20 heavy (non-hydrogen) atoms. The Morgan fingerprint density at radius 1 is 1.45 bits per heavy atom. The van der Waals surface area contributed by atoms with Crippen LogP contribution in [-0.2, 0) is 14.8 Å². The summed E-state index contributed by atoms with van der Waals surface area (Å²) in [7, 11) is -3.19. The first-order valence-electron chi connectivity index (χ1n) is 7.24. The summed E-state index contributed by atoms with van der Waals surface area (Å²) < 4.78 is 25.9. The lowest BCUT2D eigenvalue weighted by Crippen LogP contribution is -2.55. The maximum Gasteiger partial charge on any atom is 0.234 e.